The summed E-state index contributed by atoms with van der Waals surface area (Å²) in [7, 11) is -4.30. The zero-order chi connectivity index (χ0) is 33.4. The third-order valence-electron chi connectivity index (χ3n) is 7.35. The minimum Gasteiger partial charge on any atom is -0.352 e. The zero-order valence-electron chi connectivity index (χ0n) is 25.2. The van der Waals surface area contributed by atoms with E-state index < -0.39 is 28.5 Å². The molecule has 2 atom stereocenters. The van der Waals surface area contributed by atoms with E-state index in [0.29, 0.717) is 17.0 Å². The van der Waals surface area contributed by atoms with Crippen LogP contribution >= 0.6 is 46.4 Å². The summed E-state index contributed by atoms with van der Waals surface area (Å²) in [5.41, 5.74) is 1.50. The van der Waals surface area contributed by atoms with Crippen LogP contribution in [0, 0.1) is 0 Å². The van der Waals surface area contributed by atoms with Crippen molar-refractivity contribution in [3.05, 3.63) is 128 Å². The van der Waals surface area contributed by atoms with Gasteiger partial charge in [0.2, 0.25) is 11.8 Å². The molecule has 0 heterocycles. The molecule has 12 heteroatoms. The lowest BCUT2D eigenvalue weighted by atomic mass is 10.0. The number of rotatable bonds is 13. The molecule has 2 amide bonds. The summed E-state index contributed by atoms with van der Waals surface area (Å²) in [5, 5.41) is 3.98. The molecule has 4 aromatic rings. The summed E-state index contributed by atoms with van der Waals surface area (Å²) < 4.78 is 29.1. The number of anilines is 1. The van der Waals surface area contributed by atoms with Gasteiger partial charge in [0.1, 0.15) is 12.6 Å². The Morgan fingerprint density at radius 3 is 1.98 bits per heavy atom. The summed E-state index contributed by atoms with van der Waals surface area (Å²) in [6.45, 7) is 3.10. The molecule has 0 saturated carbocycles. The standard InChI is InChI=1S/C34H33Cl4N3O4S/c1-3-23(2)39-34(43)32(17-24-10-6-4-7-11-24)40(21-25-14-15-30(37)31(38)16-25)33(42)22-41(28-19-26(35)18-27(36)20-28)46(44,45)29-12-8-5-9-13-29/h4-16,18-20,23,32H,3,17,21-22H2,1-2H3,(H,39,43)/t23-,32+/m0/s1. The van der Waals surface area contributed by atoms with E-state index in [1.807, 2.05) is 44.2 Å². The smallest absolute Gasteiger partial charge is 0.264 e. The minimum atomic E-state index is -4.30. The number of carbonyl (C=O) groups excluding carboxylic acids is 2. The highest BCUT2D eigenvalue weighted by Gasteiger charge is 2.35. The monoisotopic (exact) mass is 719 g/mol. The first-order valence-electron chi connectivity index (χ1n) is 14.5. The van der Waals surface area contributed by atoms with Crippen molar-refractivity contribution < 1.29 is 18.0 Å². The summed E-state index contributed by atoms with van der Waals surface area (Å²) in [4.78, 5) is 29.8. The molecule has 0 unspecified atom stereocenters. The molecule has 242 valence electrons. The normalized spacial score (nSPS) is 12.7. The molecule has 0 radical (unpaired) electrons. The Morgan fingerprint density at radius 1 is 0.783 bits per heavy atom. The van der Waals surface area contributed by atoms with Crippen LogP contribution in [0.15, 0.2) is 102 Å². The van der Waals surface area contributed by atoms with E-state index >= 15 is 0 Å². The highest BCUT2D eigenvalue weighted by Crippen LogP contribution is 2.31. The Hall–Kier alpha value is -3.27. The first-order valence-corrected chi connectivity index (χ1v) is 17.5. The van der Waals surface area contributed by atoms with Crippen molar-refractivity contribution in [1.82, 2.24) is 10.2 Å². The fourth-order valence-corrected chi connectivity index (χ4v) is 7.02. The van der Waals surface area contributed by atoms with Gasteiger partial charge in [-0.25, -0.2) is 8.42 Å². The van der Waals surface area contributed by atoms with Crippen molar-refractivity contribution in [2.75, 3.05) is 10.8 Å². The molecule has 0 aromatic heterocycles. The van der Waals surface area contributed by atoms with Gasteiger partial charge in [0.15, 0.2) is 0 Å². The Labute approximate surface area is 290 Å². The number of benzene rings is 4. The van der Waals surface area contributed by atoms with E-state index in [1.165, 1.54) is 35.2 Å². The second-order valence-electron chi connectivity index (χ2n) is 10.7. The number of hydrogen-bond donors (Lipinski definition) is 1. The molecule has 4 aromatic carbocycles. The molecule has 0 spiro atoms. The van der Waals surface area contributed by atoms with Crippen molar-refractivity contribution >= 4 is 73.9 Å². The fraction of sp³-hybridized carbons (Fsp3) is 0.235. The molecule has 0 bridgehead atoms. The van der Waals surface area contributed by atoms with Gasteiger partial charge < -0.3 is 10.2 Å². The van der Waals surface area contributed by atoms with Crippen LogP contribution in [-0.4, -0.2) is 43.8 Å². The summed E-state index contributed by atoms with van der Waals surface area (Å²) in [5.74, 6) is -1.02. The molecule has 46 heavy (non-hydrogen) atoms. The Kier molecular flexibility index (Phi) is 12.4. The minimum absolute atomic E-state index is 0.0368. The van der Waals surface area contributed by atoms with Gasteiger partial charge in [0, 0.05) is 29.1 Å². The largest absolute Gasteiger partial charge is 0.352 e. The summed E-state index contributed by atoms with van der Waals surface area (Å²) >= 11 is 25.1. The summed E-state index contributed by atoms with van der Waals surface area (Å²) in [6.07, 6.45) is 0.841. The lowest BCUT2D eigenvalue weighted by Crippen LogP contribution is -2.54. The molecule has 1 N–H and O–H groups in total. The number of amides is 2. The topological polar surface area (TPSA) is 86.8 Å². The molecule has 0 aliphatic rings. The second kappa shape index (κ2) is 16.0. The molecule has 7 nitrogen and oxygen atoms in total. The van der Waals surface area contributed by atoms with Crippen molar-refractivity contribution in [1.29, 1.82) is 0 Å². The van der Waals surface area contributed by atoms with E-state index in [0.717, 1.165) is 9.87 Å². The van der Waals surface area contributed by atoms with Crippen LogP contribution in [0.4, 0.5) is 5.69 Å². The average molecular weight is 722 g/mol. The van der Waals surface area contributed by atoms with E-state index in [1.54, 1.807) is 36.4 Å². The predicted octanol–water partition coefficient (Wildman–Crippen LogP) is 8.05. The maximum Gasteiger partial charge on any atom is 0.264 e. The molecule has 0 fully saturated rings. The van der Waals surface area contributed by atoms with Gasteiger partial charge in [-0.2, -0.15) is 0 Å². The second-order valence-corrected chi connectivity index (χ2v) is 14.3. The average Bonchev–Trinajstić information content (AvgIpc) is 3.03. The number of sulfonamides is 1. The van der Waals surface area contributed by atoms with Gasteiger partial charge >= 0.3 is 0 Å². The van der Waals surface area contributed by atoms with E-state index in [9.17, 15) is 18.0 Å². The maximum absolute atomic E-state index is 14.5. The predicted molar refractivity (Wildman–Crippen MR) is 186 cm³/mol. The lowest BCUT2D eigenvalue weighted by molar-refractivity contribution is -0.140. The molecule has 4 rings (SSSR count). The first kappa shape index (κ1) is 35.6. The molecule has 0 saturated heterocycles. The van der Waals surface area contributed by atoms with Gasteiger partial charge in [-0.1, -0.05) is 108 Å². The first-order chi connectivity index (χ1) is 21.9. The number of nitrogens with zero attached hydrogens (tertiary/aromatic N) is 2. The van der Waals surface area contributed by atoms with Crippen molar-refractivity contribution in [2.24, 2.45) is 0 Å². The highest BCUT2D eigenvalue weighted by molar-refractivity contribution is 7.92. The van der Waals surface area contributed by atoms with Crippen LogP contribution in [0.2, 0.25) is 20.1 Å². The van der Waals surface area contributed by atoms with Crippen LogP contribution in [0.3, 0.4) is 0 Å². The molecular formula is C34H33Cl4N3O4S. The van der Waals surface area contributed by atoms with E-state index in [2.05, 4.69) is 5.32 Å². The molecular weight excluding hydrogens is 688 g/mol. The molecule has 0 aliphatic carbocycles. The number of carbonyl (C=O) groups is 2. The van der Waals surface area contributed by atoms with Crippen molar-refractivity contribution in [3.63, 3.8) is 0 Å². The van der Waals surface area contributed by atoms with E-state index in [4.69, 9.17) is 46.4 Å². The molecule has 0 aliphatic heterocycles. The van der Waals surface area contributed by atoms with Crippen molar-refractivity contribution in [3.8, 4) is 0 Å². The van der Waals surface area contributed by atoms with Crippen molar-refractivity contribution in [2.45, 2.75) is 50.2 Å². The van der Waals surface area contributed by atoms with Crippen LogP contribution in [-0.2, 0) is 32.6 Å². The quantitative estimate of drug-likeness (QED) is 0.152. The van der Waals surface area contributed by atoms with Crippen LogP contribution in [0.1, 0.15) is 31.4 Å². The fourth-order valence-electron chi connectivity index (χ4n) is 4.76. The zero-order valence-corrected chi connectivity index (χ0v) is 29.0. The van der Waals surface area contributed by atoms with Gasteiger partial charge in [-0.05, 0) is 66.9 Å². The number of halogens is 4. The Morgan fingerprint density at radius 2 is 1.39 bits per heavy atom. The van der Waals surface area contributed by atoms with Gasteiger partial charge in [-0.15, -0.1) is 0 Å². The summed E-state index contributed by atoms with van der Waals surface area (Å²) in [6, 6.07) is 25.1. The Bertz CT molecular complexity index is 1760. The van der Waals surface area contributed by atoms with Crippen LogP contribution in [0.5, 0.6) is 0 Å². The van der Waals surface area contributed by atoms with Gasteiger partial charge in [-0.3, -0.25) is 13.9 Å². The highest BCUT2D eigenvalue weighted by atomic mass is 35.5. The van der Waals surface area contributed by atoms with E-state index in [-0.39, 0.29) is 50.6 Å². The third kappa shape index (κ3) is 9.17. The van der Waals surface area contributed by atoms with Gasteiger partial charge in [0.25, 0.3) is 10.0 Å². The number of nitrogens with one attached hydrogen (secondary N) is 1. The third-order valence-corrected chi connectivity index (χ3v) is 10.3. The SMILES string of the molecule is CC[C@H](C)NC(=O)[C@@H](Cc1ccccc1)N(Cc1ccc(Cl)c(Cl)c1)C(=O)CN(c1cc(Cl)cc(Cl)c1)S(=O)(=O)c1ccccc1. The maximum atomic E-state index is 14.5. The van der Waals surface area contributed by atoms with Crippen LogP contribution < -0.4 is 9.62 Å². The lowest BCUT2D eigenvalue weighted by Gasteiger charge is -2.34. The number of hydrogen-bond acceptors (Lipinski definition) is 4. The Balaban J connectivity index is 1.84. The van der Waals surface area contributed by atoms with Gasteiger partial charge in [0.05, 0.1) is 20.6 Å². The van der Waals surface area contributed by atoms with Crippen LogP contribution in [0.25, 0.3) is 0 Å².